The van der Waals surface area contributed by atoms with Gasteiger partial charge in [-0.1, -0.05) is 30.3 Å². The van der Waals surface area contributed by atoms with Crippen molar-refractivity contribution in [2.75, 3.05) is 19.7 Å². The van der Waals surface area contributed by atoms with E-state index in [9.17, 15) is 18.7 Å². The Bertz CT molecular complexity index is 1230. The first kappa shape index (κ1) is 26.5. The molecule has 1 atom stereocenters. The summed E-state index contributed by atoms with van der Waals surface area (Å²) in [5, 5.41) is 13.5. The van der Waals surface area contributed by atoms with Crippen molar-refractivity contribution in [3.05, 3.63) is 47.5 Å². The van der Waals surface area contributed by atoms with E-state index >= 15 is 0 Å². The van der Waals surface area contributed by atoms with Gasteiger partial charge in [0.2, 0.25) is 12.2 Å². The van der Waals surface area contributed by atoms with Crippen LogP contribution in [0.4, 0.5) is 8.78 Å². The maximum Gasteiger partial charge on any atom is 0.387 e. The average Bonchev–Trinajstić information content (AvgIpc) is 3.50. The van der Waals surface area contributed by atoms with Crippen molar-refractivity contribution in [3.8, 4) is 34.3 Å². The van der Waals surface area contributed by atoms with Gasteiger partial charge in [0.05, 0.1) is 12.7 Å². The van der Waals surface area contributed by atoms with Crippen molar-refractivity contribution in [2.45, 2.75) is 58.2 Å². The minimum atomic E-state index is -3.01. The molecule has 1 N–H and O–H groups in total. The van der Waals surface area contributed by atoms with Crippen LogP contribution in [-0.4, -0.2) is 59.0 Å². The second-order valence-electron chi connectivity index (χ2n) is 9.39. The second-order valence-corrected chi connectivity index (χ2v) is 9.39. The van der Waals surface area contributed by atoms with E-state index in [-0.39, 0.29) is 42.1 Å². The van der Waals surface area contributed by atoms with Gasteiger partial charge in [0.15, 0.2) is 11.5 Å². The highest BCUT2D eigenvalue weighted by Gasteiger charge is 2.40. The summed E-state index contributed by atoms with van der Waals surface area (Å²) in [6, 6.07) is 10.5. The summed E-state index contributed by atoms with van der Waals surface area (Å²) in [6.07, 6.45) is 3.02. The lowest BCUT2D eigenvalue weighted by molar-refractivity contribution is -0.119. The number of hydrogen-bond donors (Lipinski definition) is 1. The van der Waals surface area contributed by atoms with Gasteiger partial charge in [-0.2, -0.15) is 13.8 Å². The Kier molecular flexibility index (Phi) is 8.06. The first-order valence-corrected chi connectivity index (χ1v) is 12.3. The zero-order chi connectivity index (χ0) is 26.6. The van der Waals surface area contributed by atoms with Crippen LogP contribution < -0.4 is 9.47 Å². The normalized spacial score (nSPS) is 16.8. The number of benzene rings is 2. The lowest BCUT2D eigenvalue weighted by atomic mass is 9.78. The number of ether oxygens (including phenoxy) is 2. The molecule has 0 radical (unpaired) electrons. The van der Waals surface area contributed by atoms with Gasteiger partial charge in [0.25, 0.3) is 5.89 Å². The summed E-state index contributed by atoms with van der Waals surface area (Å²) in [5.74, 6) is 0.635. The van der Waals surface area contributed by atoms with E-state index in [0.717, 1.165) is 42.4 Å². The molecule has 37 heavy (non-hydrogen) atoms. The van der Waals surface area contributed by atoms with Gasteiger partial charge < -0.3 is 24.0 Å². The van der Waals surface area contributed by atoms with E-state index in [4.69, 9.17) is 9.26 Å². The Labute approximate surface area is 214 Å². The number of fused-ring (bicyclic) bond motifs is 1. The average molecular weight is 516 g/mol. The standard InChI is InChI=1S/C27H31F2N3O5/c1-4-27(15-32(16-34)12-13-33)11-10-19-20(6-5-7-21(19)27)24-30-25(37-31-24)18-8-9-22(35-17(2)3)23(14-18)36-26(28)29/h5-9,14,16-17,26,33H,4,10-13,15H2,1-3H3. The number of amides is 1. The van der Waals surface area contributed by atoms with Crippen molar-refractivity contribution < 1.29 is 32.7 Å². The molecule has 0 spiro atoms. The molecule has 10 heteroatoms. The smallest absolute Gasteiger partial charge is 0.387 e. The molecule has 0 bridgehead atoms. The maximum absolute atomic E-state index is 13.0. The Morgan fingerprint density at radius 1 is 1.22 bits per heavy atom. The number of halogens is 2. The number of hydrogen-bond acceptors (Lipinski definition) is 7. The molecule has 4 rings (SSSR count). The van der Waals surface area contributed by atoms with Crippen molar-refractivity contribution >= 4 is 6.41 Å². The van der Waals surface area contributed by atoms with E-state index in [1.54, 1.807) is 24.8 Å². The summed E-state index contributed by atoms with van der Waals surface area (Å²) in [5.41, 5.74) is 3.24. The van der Waals surface area contributed by atoms with E-state index in [2.05, 4.69) is 27.9 Å². The van der Waals surface area contributed by atoms with Gasteiger partial charge in [-0.3, -0.25) is 4.79 Å². The van der Waals surface area contributed by atoms with Crippen LogP contribution in [0.1, 0.15) is 44.7 Å². The maximum atomic E-state index is 13.0. The number of carbonyl (C=O) groups is 1. The first-order valence-electron chi connectivity index (χ1n) is 12.3. The highest BCUT2D eigenvalue weighted by atomic mass is 19.3. The molecule has 0 aliphatic heterocycles. The van der Waals surface area contributed by atoms with Crippen LogP contribution in [0.15, 0.2) is 40.9 Å². The van der Waals surface area contributed by atoms with Crippen LogP contribution in [0.2, 0.25) is 0 Å². The third-order valence-electron chi connectivity index (χ3n) is 6.76. The Balaban J connectivity index is 1.66. The zero-order valence-electron chi connectivity index (χ0n) is 21.1. The Morgan fingerprint density at radius 2 is 2.03 bits per heavy atom. The molecule has 198 valence electrons. The van der Waals surface area contributed by atoms with Crippen LogP contribution in [0, 0.1) is 0 Å². The quantitative estimate of drug-likeness (QED) is 0.345. The molecule has 2 aromatic carbocycles. The van der Waals surface area contributed by atoms with Crippen molar-refractivity contribution in [2.24, 2.45) is 0 Å². The van der Waals surface area contributed by atoms with Crippen LogP contribution in [0.3, 0.4) is 0 Å². The van der Waals surface area contributed by atoms with Gasteiger partial charge in [-0.25, -0.2) is 0 Å². The van der Waals surface area contributed by atoms with Gasteiger partial charge in [0.1, 0.15) is 0 Å². The fourth-order valence-corrected chi connectivity index (χ4v) is 5.02. The van der Waals surface area contributed by atoms with Crippen LogP contribution in [-0.2, 0) is 16.6 Å². The number of aliphatic hydroxyl groups is 1. The van der Waals surface area contributed by atoms with E-state index in [1.165, 1.54) is 12.1 Å². The number of carbonyl (C=O) groups excluding carboxylic acids is 1. The summed E-state index contributed by atoms with van der Waals surface area (Å²) >= 11 is 0. The molecule has 0 saturated carbocycles. The molecular formula is C27H31F2N3O5. The topological polar surface area (TPSA) is 97.9 Å². The van der Waals surface area contributed by atoms with Crippen molar-refractivity contribution in [1.82, 2.24) is 15.0 Å². The minimum absolute atomic E-state index is 0.0916. The molecule has 1 heterocycles. The van der Waals surface area contributed by atoms with Gasteiger partial charge in [0, 0.05) is 29.6 Å². The first-order chi connectivity index (χ1) is 17.8. The monoisotopic (exact) mass is 515 g/mol. The zero-order valence-corrected chi connectivity index (χ0v) is 21.1. The fraction of sp³-hybridized carbons (Fsp3) is 0.444. The molecule has 0 saturated heterocycles. The highest BCUT2D eigenvalue weighted by molar-refractivity contribution is 5.68. The lowest BCUT2D eigenvalue weighted by Crippen LogP contribution is -2.40. The Morgan fingerprint density at radius 3 is 2.70 bits per heavy atom. The molecule has 1 unspecified atom stereocenters. The number of nitrogens with zero attached hydrogens (tertiary/aromatic N) is 3. The van der Waals surface area contributed by atoms with Crippen LogP contribution in [0.5, 0.6) is 11.5 Å². The highest BCUT2D eigenvalue weighted by Crippen LogP contribution is 2.45. The second kappa shape index (κ2) is 11.2. The molecule has 1 aromatic heterocycles. The Hall–Kier alpha value is -3.53. The van der Waals surface area contributed by atoms with E-state index < -0.39 is 6.61 Å². The predicted octanol–water partition coefficient (Wildman–Crippen LogP) is 4.84. The van der Waals surface area contributed by atoms with Crippen molar-refractivity contribution in [3.63, 3.8) is 0 Å². The summed E-state index contributed by atoms with van der Waals surface area (Å²) in [4.78, 5) is 17.7. The van der Waals surface area contributed by atoms with Gasteiger partial charge >= 0.3 is 6.61 Å². The van der Waals surface area contributed by atoms with Crippen LogP contribution in [0.25, 0.3) is 22.8 Å². The van der Waals surface area contributed by atoms with Crippen molar-refractivity contribution in [1.29, 1.82) is 0 Å². The summed E-state index contributed by atoms with van der Waals surface area (Å²) in [7, 11) is 0. The number of aromatic nitrogens is 2. The number of rotatable bonds is 12. The van der Waals surface area contributed by atoms with Gasteiger partial charge in [-0.15, -0.1) is 0 Å². The largest absolute Gasteiger partial charge is 0.487 e. The molecule has 1 aliphatic rings. The SMILES string of the molecule is CCC1(CN(C=O)CCO)CCc2c(-c3noc(-c4ccc(OC(C)C)c(OC(F)F)c4)n3)cccc21. The molecule has 3 aromatic rings. The van der Waals surface area contributed by atoms with E-state index in [1.807, 2.05) is 12.1 Å². The fourth-order valence-electron chi connectivity index (χ4n) is 5.02. The number of aliphatic hydroxyl groups excluding tert-OH is 1. The molecule has 8 nitrogen and oxygen atoms in total. The molecular weight excluding hydrogens is 484 g/mol. The molecule has 1 aliphatic carbocycles. The number of alkyl halides is 2. The summed E-state index contributed by atoms with van der Waals surface area (Å²) < 4.78 is 41.7. The predicted molar refractivity (Wildman–Crippen MR) is 133 cm³/mol. The third-order valence-corrected chi connectivity index (χ3v) is 6.76. The van der Waals surface area contributed by atoms with E-state index in [0.29, 0.717) is 17.9 Å². The molecule has 0 fully saturated rings. The summed E-state index contributed by atoms with van der Waals surface area (Å²) in [6.45, 7) is 3.37. The lowest BCUT2D eigenvalue weighted by Gasteiger charge is -2.34. The van der Waals surface area contributed by atoms with Gasteiger partial charge in [-0.05, 0) is 62.4 Å². The third kappa shape index (κ3) is 5.58. The minimum Gasteiger partial charge on any atom is -0.487 e. The van der Waals surface area contributed by atoms with Crippen LogP contribution >= 0.6 is 0 Å². The molecule has 1 amide bonds.